The van der Waals surface area contributed by atoms with E-state index in [4.69, 9.17) is 13.9 Å². The van der Waals surface area contributed by atoms with E-state index in [9.17, 15) is 18.3 Å². The number of oxazole rings is 1. The lowest BCUT2D eigenvalue weighted by atomic mass is 10.2. The van der Waals surface area contributed by atoms with Gasteiger partial charge in [-0.2, -0.15) is 4.31 Å². The van der Waals surface area contributed by atoms with E-state index in [-0.39, 0.29) is 29.5 Å². The lowest BCUT2D eigenvalue weighted by Crippen LogP contribution is -2.36. The van der Waals surface area contributed by atoms with Crippen molar-refractivity contribution in [2.75, 3.05) is 13.2 Å². The topological polar surface area (TPSA) is 119 Å². The number of carboxylic acid groups (broad SMARTS) is 1. The van der Waals surface area contributed by atoms with E-state index in [0.29, 0.717) is 21.5 Å². The molecule has 1 amide bonds. The van der Waals surface area contributed by atoms with Crippen molar-refractivity contribution in [1.82, 2.24) is 9.29 Å². The Morgan fingerprint density at radius 3 is 2.75 bits per heavy atom. The number of nitrogens with zero attached hydrogens (tertiary/aromatic N) is 2. The Morgan fingerprint density at radius 1 is 1.18 bits per heavy atom. The van der Waals surface area contributed by atoms with Gasteiger partial charge in [-0.15, -0.1) is 0 Å². The number of carbonyl (C=O) groups is 1. The maximum atomic E-state index is 12.7. The molecule has 0 fully saturated rings. The van der Waals surface area contributed by atoms with Crippen LogP contribution >= 0.6 is 0 Å². The van der Waals surface area contributed by atoms with Crippen molar-refractivity contribution in [3.8, 4) is 28.7 Å². The van der Waals surface area contributed by atoms with E-state index >= 15 is 0 Å². The molecule has 1 N–H and O–H groups in total. The van der Waals surface area contributed by atoms with Gasteiger partial charge in [-0.25, -0.2) is 18.2 Å². The summed E-state index contributed by atoms with van der Waals surface area (Å²) < 4.78 is 42.1. The molecule has 3 aromatic rings. The van der Waals surface area contributed by atoms with E-state index in [1.54, 1.807) is 30.3 Å². The normalized spacial score (nSPS) is 15.2. The Hall–Kier alpha value is -3.53. The maximum Gasteiger partial charge on any atom is 0.421 e. The van der Waals surface area contributed by atoms with Gasteiger partial charge in [0, 0.05) is 11.6 Å². The van der Waals surface area contributed by atoms with Gasteiger partial charge in [0.25, 0.3) is 10.0 Å². The standard InChI is InChI=1S/C18H14N2O7S/c21-18(22)20-7-9-25-15-5-4-14(11-16(15)28(20,23)24)27-13-3-1-2-12(10-13)17-19-6-8-26-17/h1-6,8,10-11H,7,9H2,(H,21,22). The number of rotatable bonds is 3. The highest BCUT2D eigenvalue weighted by molar-refractivity contribution is 7.89. The number of aromatic nitrogens is 1. The van der Waals surface area contributed by atoms with Gasteiger partial charge in [0.15, 0.2) is 0 Å². The molecule has 2 aromatic carbocycles. The molecule has 28 heavy (non-hydrogen) atoms. The quantitative estimate of drug-likeness (QED) is 0.709. The number of fused-ring (bicyclic) bond motifs is 1. The zero-order valence-electron chi connectivity index (χ0n) is 14.3. The van der Waals surface area contributed by atoms with E-state index in [1.165, 1.54) is 24.6 Å². The van der Waals surface area contributed by atoms with Crippen LogP contribution < -0.4 is 9.47 Å². The Balaban J connectivity index is 1.68. The summed E-state index contributed by atoms with van der Waals surface area (Å²) in [5.41, 5.74) is 0.685. The lowest BCUT2D eigenvalue weighted by Gasteiger charge is -2.16. The van der Waals surface area contributed by atoms with Gasteiger partial charge < -0.3 is 19.0 Å². The highest BCUT2D eigenvalue weighted by Gasteiger charge is 2.34. The van der Waals surface area contributed by atoms with Gasteiger partial charge >= 0.3 is 6.09 Å². The first kappa shape index (κ1) is 17.9. The monoisotopic (exact) mass is 402 g/mol. The van der Waals surface area contributed by atoms with Crippen molar-refractivity contribution >= 4 is 16.1 Å². The van der Waals surface area contributed by atoms with Crippen LogP contribution in [0.5, 0.6) is 17.2 Å². The second kappa shape index (κ2) is 6.89. The van der Waals surface area contributed by atoms with Gasteiger partial charge in [0.05, 0.1) is 12.7 Å². The minimum atomic E-state index is -4.27. The highest BCUT2D eigenvalue weighted by Crippen LogP contribution is 2.35. The van der Waals surface area contributed by atoms with Crippen LogP contribution in [0.15, 0.2) is 64.2 Å². The molecule has 2 heterocycles. The zero-order valence-corrected chi connectivity index (χ0v) is 15.1. The van der Waals surface area contributed by atoms with Crippen LogP contribution in [-0.4, -0.2) is 42.1 Å². The summed E-state index contributed by atoms with van der Waals surface area (Å²) in [6.07, 6.45) is 1.41. The smallest absolute Gasteiger partial charge is 0.421 e. The van der Waals surface area contributed by atoms with Crippen LogP contribution in [-0.2, 0) is 10.0 Å². The van der Waals surface area contributed by atoms with Gasteiger partial charge in [0.1, 0.15) is 35.0 Å². The molecular weight excluding hydrogens is 388 g/mol. The molecule has 1 aromatic heterocycles. The van der Waals surface area contributed by atoms with Crippen LogP contribution in [0.1, 0.15) is 0 Å². The fourth-order valence-corrected chi connectivity index (χ4v) is 4.15. The molecule has 0 bridgehead atoms. The minimum Gasteiger partial charge on any atom is -0.490 e. The predicted octanol–water partition coefficient (Wildman–Crippen LogP) is 3.20. The van der Waals surface area contributed by atoms with Gasteiger partial charge in [-0.05, 0) is 30.3 Å². The van der Waals surface area contributed by atoms with Gasteiger partial charge in [0.2, 0.25) is 5.89 Å². The van der Waals surface area contributed by atoms with Crippen LogP contribution in [0, 0.1) is 0 Å². The van der Waals surface area contributed by atoms with Gasteiger partial charge in [-0.3, -0.25) is 0 Å². The van der Waals surface area contributed by atoms with Crippen molar-refractivity contribution in [2.24, 2.45) is 0 Å². The molecule has 0 unspecified atom stereocenters. The molecule has 0 spiro atoms. The predicted molar refractivity (Wildman–Crippen MR) is 95.9 cm³/mol. The summed E-state index contributed by atoms with van der Waals surface area (Å²) in [4.78, 5) is 15.1. The summed E-state index contributed by atoms with van der Waals surface area (Å²) in [6.45, 7) is -0.363. The molecule has 0 saturated heterocycles. The highest BCUT2D eigenvalue weighted by atomic mass is 32.2. The number of amides is 1. The summed E-state index contributed by atoms with van der Waals surface area (Å²) in [5.74, 6) is 1.13. The molecule has 1 aliphatic rings. The van der Waals surface area contributed by atoms with Crippen LogP contribution in [0.2, 0.25) is 0 Å². The van der Waals surface area contributed by atoms with E-state index in [2.05, 4.69) is 4.98 Å². The Kier molecular flexibility index (Phi) is 4.40. The largest absolute Gasteiger partial charge is 0.490 e. The molecule has 4 rings (SSSR count). The minimum absolute atomic E-state index is 0.0725. The maximum absolute atomic E-state index is 12.7. The molecule has 144 valence electrons. The molecule has 9 nitrogen and oxygen atoms in total. The fraction of sp³-hybridized carbons (Fsp3) is 0.111. The number of benzene rings is 2. The van der Waals surface area contributed by atoms with E-state index < -0.39 is 16.1 Å². The first-order valence-electron chi connectivity index (χ1n) is 8.15. The first-order chi connectivity index (χ1) is 13.4. The number of hydrogen-bond acceptors (Lipinski definition) is 7. The van der Waals surface area contributed by atoms with Crippen molar-refractivity contribution < 1.29 is 32.2 Å². The Bertz CT molecular complexity index is 1130. The SMILES string of the molecule is O=C(O)N1CCOc2ccc(Oc3cccc(-c4ncco4)c3)cc2S1(=O)=O. The Morgan fingerprint density at radius 2 is 2.00 bits per heavy atom. The third kappa shape index (κ3) is 3.25. The summed E-state index contributed by atoms with van der Waals surface area (Å²) in [7, 11) is -4.27. The summed E-state index contributed by atoms with van der Waals surface area (Å²) in [5, 5.41) is 9.20. The fourth-order valence-electron chi connectivity index (χ4n) is 2.74. The first-order valence-corrected chi connectivity index (χ1v) is 9.59. The second-order valence-corrected chi connectivity index (χ2v) is 7.61. The molecule has 0 radical (unpaired) electrons. The van der Waals surface area contributed by atoms with E-state index in [0.717, 1.165) is 0 Å². The van der Waals surface area contributed by atoms with Crippen LogP contribution in [0.4, 0.5) is 4.79 Å². The van der Waals surface area contributed by atoms with Crippen molar-refractivity contribution in [1.29, 1.82) is 0 Å². The summed E-state index contributed by atoms with van der Waals surface area (Å²) in [6, 6.07) is 11.1. The molecular formula is C18H14N2O7S. The molecule has 0 aliphatic carbocycles. The third-order valence-corrected chi connectivity index (χ3v) is 5.79. The molecule has 0 saturated carbocycles. The van der Waals surface area contributed by atoms with E-state index in [1.807, 2.05) is 0 Å². The van der Waals surface area contributed by atoms with Crippen molar-refractivity contribution in [3.05, 3.63) is 54.9 Å². The van der Waals surface area contributed by atoms with Crippen molar-refractivity contribution in [3.63, 3.8) is 0 Å². The average molecular weight is 402 g/mol. The molecule has 1 aliphatic heterocycles. The lowest BCUT2D eigenvalue weighted by molar-refractivity contribution is 0.167. The number of hydrogen-bond donors (Lipinski definition) is 1. The Labute approximate surface area is 159 Å². The molecule has 10 heteroatoms. The van der Waals surface area contributed by atoms with Crippen molar-refractivity contribution in [2.45, 2.75) is 4.90 Å². The summed E-state index contributed by atoms with van der Waals surface area (Å²) >= 11 is 0. The molecule has 0 atom stereocenters. The van der Waals surface area contributed by atoms with Crippen LogP contribution in [0.25, 0.3) is 11.5 Å². The average Bonchev–Trinajstić information content (AvgIpc) is 3.16. The van der Waals surface area contributed by atoms with Gasteiger partial charge in [-0.1, -0.05) is 6.07 Å². The number of sulfonamides is 1. The van der Waals surface area contributed by atoms with Crippen LogP contribution in [0.3, 0.4) is 0 Å². The third-order valence-electron chi connectivity index (χ3n) is 4.00. The zero-order chi connectivity index (χ0) is 19.7. The second-order valence-electron chi connectivity index (χ2n) is 5.78. The number of ether oxygens (including phenoxy) is 2.